The van der Waals surface area contributed by atoms with Crippen LogP contribution in [0.15, 0.2) is 36.4 Å². The molecule has 0 aliphatic heterocycles. The Morgan fingerprint density at radius 1 is 1.00 bits per heavy atom. The van der Waals surface area contributed by atoms with Gasteiger partial charge in [0.05, 0.1) is 5.56 Å². The summed E-state index contributed by atoms with van der Waals surface area (Å²) in [6.07, 6.45) is 1.34. The molecule has 3 nitrogen and oxygen atoms in total. The summed E-state index contributed by atoms with van der Waals surface area (Å²) in [5.74, 6) is -5.21. The molecule has 0 bridgehead atoms. The maximum atomic E-state index is 13.4. The van der Waals surface area contributed by atoms with Crippen LogP contribution in [-0.2, 0) is 6.42 Å². The van der Waals surface area contributed by atoms with Crippen molar-refractivity contribution >= 4 is 11.6 Å². The maximum Gasteiger partial charge on any atom is 0.254 e. The molecule has 6 heteroatoms. The van der Waals surface area contributed by atoms with Gasteiger partial charge in [0.2, 0.25) is 0 Å². The summed E-state index contributed by atoms with van der Waals surface area (Å²) in [6.45, 7) is 0.293. The molecule has 0 radical (unpaired) electrons. The first-order valence-corrected chi connectivity index (χ1v) is 6.75. The van der Waals surface area contributed by atoms with Gasteiger partial charge < -0.3 is 11.1 Å². The van der Waals surface area contributed by atoms with E-state index >= 15 is 0 Å². The third-order valence-electron chi connectivity index (χ3n) is 3.19. The van der Waals surface area contributed by atoms with E-state index in [9.17, 15) is 18.0 Å². The molecule has 0 aliphatic rings. The molecule has 2 rings (SSSR count). The van der Waals surface area contributed by atoms with Crippen LogP contribution < -0.4 is 11.1 Å². The lowest BCUT2D eigenvalue weighted by molar-refractivity contribution is 0.0948. The number of nitrogens with one attached hydrogen (secondary N) is 1. The zero-order valence-corrected chi connectivity index (χ0v) is 11.7. The molecule has 0 atom stereocenters. The molecule has 0 heterocycles. The minimum atomic E-state index is -1.64. The van der Waals surface area contributed by atoms with Gasteiger partial charge >= 0.3 is 0 Å². The van der Waals surface area contributed by atoms with E-state index in [1.54, 1.807) is 12.1 Å². The molecule has 0 aromatic heterocycles. The molecule has 0 saturated carbocycles. The Kier molecular flexibility index (Phi) is 5.04. The molecule has 22 heavy (non-hydrogen) atoms. The van der Waals surface area contributed by atoms with Crippen LogP contribution in [-0.4, -0.2) is 12.5 Å². The third-order valence-corrected chi connectivity index (χ3v) is 3.19. The van der Waals surface area contributed by atoms with Crippen LogP contribution in [0.2, 0.25) is 0 Å². The van der Waals surface area contributed by atoms with E-state index < -0.39 is 28.9 Å². The number of carbonyl (C=O) groups is 1. The molecule has 0 saturated heterocycles. The SMILES string of the molecule is Nc1ccc(CCCNC(=O)c2ccc(F)c(F)c2F)cc1. The second-order valence-corrected chi connectivity index (χ2v) is 4.82. The molecule has 2 aromatic carbocycles. The highest BCUT2D eigenvalue weighted by Crippen LogP contribution is 2.15. The Morgan fingerprint density at radius 2 is 1.68 bits per heavy atom. The Hall–Kier alpha value is -2.50. The number of halogens is 3. The fourth-order valence-electron chi connectivity index (χ4n) is 1.98. The molecule has 1 amide bonds. The molecule has 2 aromatic rings. The summed E-state index contributed by atoms with van der Waals surface area (Å²) in [7, 11) is 0. The number of hydrogen-bond acceptors (Lipinski definition) is 2. The van der Waals surface area contributed by atoms with E-state index in [0.717, 1.165) is 17.7 Å². The van der Waals surface area contributed by atoms with Crippen LogP contribution in [0, 0.1) is 17.5 Å². The largest absolute Gasteiger partial charge is 0.399 e. The summed E-state index contributed by atoms with van der Waals surface area (Å²) in [6, 6.07) is 8.97. The van der Waals surface area contributed by atoms with E-state index in [1.165, 1.54) is 0 Å². The van der Waals surface area contributed by atoms with E-state index in [-0.39, 0.29) is 0 Å². The van der Waals surface area contributed by atoms with Crippen molar-refractivity contribution in [3.05, 3.63) is 65.0 Å². The zero-order chi connectivity index (χ0) is 16.1. The normalized spacial score (nSPS) is 10.5. The Labute approximate surface area is 125 Å². The summed E-state index contributed by atoms with van der Waals surface area (Å²) in [5, 5.41) is 2.48. The van der Waals surface area contributed by atoms with Crippen molar-refractivity contribution in [3.63, 3.8) is 0 Å². The lowest BCUT2D eigenvalue weighted by Gasteiger charge is -2.07. The number of hydrogen-bond donors (Lipinski definition) is 2. The van der Waals surface area contributed by atoms with Gasteiger partial charge in [0.25, 0.3) is 5.91 Å². The number of aryl methyl sites for hydroxylation is 1. The Morgan fingerprint density at radius 3 is 2.36 bits per heavy atom. The van der Waals surface area contributed by atoms with Crippen LogP contribution in [0.5, 0.6) is 0 Å². The maximum absolute atomic E-state index is 13.4. The van der Waals surface area contributed by atoms with Gasteiger partial charge in [-0.3, -0.25) is 4.79 Å². The standard InChI is InChI=1S/C16H15F3N2O/c17-13-8-7-12(14(18)15(13)19)16(22)21-9-1-2-10-3-5-11(20)6-4-10/h3-8H,1-2,9,20H2,(H,21,22). The molecule has 0 aliphatic carbocycles. The fraction of sp³-hybridized carbons (Fsp3) is 0.188. The molecule has 116 valence electrons. The molecule has 0 unspecified atom stereocenters. The topological polar surface area (TPSA) is 55.1 Å². The van der Waals surface area contributed by atoms with Gasteiger partial charge in [0.15, 0.2) is 17.5 Å². The zero-order valence-electron chi connectivity index (χ0n) is 11.7. The highest BCUT2D eigenvalue weighted by atomic mass is 19.2. The van der Waals surface area contributed by atoms with Crippen LogP contribution >= 0.6 is 0 Å². The number of anilines is 1. The lowest BCUT2D eigenvalue weighted by Crippen LogP contribution is -2.26. The second-order valence-electron chi connectivity index (χ2n) is 4.82. The summed E-state index contributed by atoms with van der Waals surface area (Å²) in [5.41, 5.74) is 6.79. The number of carbonyl (C=O) groups excluding carboxylic acids is 1. The molecular weight excluding hydrogens is 293 g/mol. The van der Waals surface area contributed by atoms with Gasteiger partial charge in [-0.2, -0.15) is 0 Å². The quantitative estimate of drug-likeness (QED) is 0.507. The molecular formula is C16H15F3N2O. The van der Waals surface area contributed by atoms with Crippen molar-refractivity contribution in [2.45, 2.75) is 12.8 Å². The number of benzene rings is 2. The van der Waals surface area contributed by atoms with Crippen molar-refractivity contribution in [2.75, 3.05) is 12.3 Å². The predicted octanol–water partition coefficient (Wildman–Crippen LogP) is 3.05. The number of nitrogens with two attached hydrogens (primary N) is 1. The number of rotatable bonds is 5. The van der Waals surface area contributed by atoms with E-state index in [0.29, 0.717) is 25.1 Å². The lowest BCUT2D eigenvalue weighted by atomic mass is 10.1. The number of nitrogen functional groups attached to an aromatic ring is 1. The number of amides is 1. The first-order valence-electron chi connectivity index (χ1n) is 6.75. The van der Waals surface area contributed by atoms with Crippen molar-refractivity contribution < 1.29 is 18.0 Å². The average Bonchev–Trinajstić information content (AvgIpc) is 2.51. The summed E-state index contributed by atoms with van der Waals surface area (Å²) < 4.78 is 39.3. The Bertz CT molecular complexity index is 672. The van der Waals surface area contributed by atoms with E-state index in [2.05, 4.69) is 5.32 Å². The van der Waals surface area contributed by atoms with Crippen molar-refractivity contribution in [2.24, 2.45) is 0 Å². The highest BCUT2D eigenvalue weighted by Gasteiger charge is 2.18. The molecule has 3 N–H and O–H groups in total. The first-order chi connectivity index (χ1) is 10.5. The van der Waals surface area contributed by atoms with E-state index in [1.807, 2.05) is 12.1 Å². The summed E-state index contributed by atoms with van der Waals surface area (Å²) >= 11 is 0. The van der Waals surface area contributed by atoms with Gasteiger partial charge in [-0.05, 0) is 42.7 Å². The first kappa shape index (κ1) is 15.9. The highest BCUT2D eigenvalue weighted by molar-refractivity contribution is 5.94. The van der Waals surface area contributed by atoms with Crippen molar-refractivity contribution in [3.8, 4) is 0 Å². The third kappa shape index (κ3) is 3.78. The average molecular weight is 308 g/mol. The fourth-order valence-corrected chi connectivity index (χ4v) is 1.98. The van der Waals surface area contributed by atoms with Crippen LogP contribution in [0.4, 0.5) is 18.9 Å². The smallest absolute Gasteiger partial charge is 0.254 e. The molecule has 0 spiro atoms. The van der Waals surface area contributed by atoms with Crippen LogP contribution in [0.1, 0.15) is 22.3 Å². The minimum Gasteiger partial charge on any atom is -0.399 e. The monoisotopic (exact) mass is 308 g/mol. The Balaban J connectivity index is 1.85. The summed E-state index contributed by atoms with van der Waals surface area (Å²) in [4.78, 5) is 11.7. The van der Waals surface area contributed by atoms with E-state index in [4.69, 9.17) is 5.73 Å². The van der Waals surface area contributed by atoms with Gasteiger partial charge in [-0.1, -0.05) is 12.1 Å². The minimum absolute atomic E-state index is 0.293. The van der Waals surface area contributed by atoms with Crippen LogP contribution in [0.25, 0.3) is 0 Å². The molecule has 0 fully saturated rings. The van der Waals surface area contributed by atoms with Gasteiger partial charge in [0, 0.05) is 12.2 Å². The van der Waals surface area contributed by atoms with Crippen molar-refractivity contribution in [1.29, 1.82) is 0 Å². The van der Waals surface area contributed by atoms with Crippen molar-refractivity contribution in [1.82, 2.24) is 5.32 Å². The predicted molar refractivity (Wildman–Crippen MR) is 77.8 cm³/mol. The van der Waals surface area contributed by atoms with Gasteiger partial charge in [-0.15, -0.1) is 0 Å². The van der Waals surface area contributed by atoms with Gasteiger partial charge in [0.1, 0.15) is 0 Å². The second kappa shape index (κ2) is 6.98. The van der Waals surface area contributed by atoms with Gasteiger partial charge in [-0.25, -0.2) is 13.2 Å². The van der Waals surface area contributed by atoms with Crippen LogP contribution in [0.3, 0.4) is 0 Å².